The molecule has 8 aliphatic rings. The lowest BCUT2D eigenvalue weighted by molar-refractivity contribution is -0.375. The zero-order chi connectivity index (χ0) is 93.2. The normalized spacial score (nSPS) is 40.9. The minimum atomic E-state index is -1.94. The van der Waals surface area contributed by atoms with Gasteiger partial charge in [0.1, 0.15) is 141 Å². The Labute approximate surface area is 725 Å². The lowest BCUT2D eigenvalue weighted by Gasteiger charge is -2.50. The van der Waals surface area contributed by atoms with E-state index in [1.54, 1.807) is 18.2 Å². The summed E-state index contributed by atoms with van der Waals surface area (Å²) in [6, 6.07) is -2.68. The summed E-state index contributed by atoms with van der Waals surface area (Å²) < 4.78 is 82.2. The molecule has 6 saturated heterocycles. The number of nitrogens with one attached hydrogen (secondary N) is 7. The topological polar surface area (TPSA) is 764 Å². The van der Waals surface area contributed by atoms with Crippen molar-refractivity contribution in [3.63, 3.8) is 0 Å². The zero-order valence-corrected chi connectivity index (χ0v) is 70.9. The van der Waals surface area contributed by atoms with Gasteiger partial charge >= 0.3 is 0 Å². The van der Waals surface area contributed by atoms with E-state index in [2.05, 4.69) is 32.3 Å². The Morgan fingerprint density at radius 1 is 0.357 bits per heavy atom. The molecule has 0 aromatic carbocycles. The van der Waals surface area contributed by atoms with Gasteiger partial charge in [-0.1, -0.05) is 37.1 Å². The fraction of sp³-hybridized carbons (Fsp3) is 0.857. The fourth-order valence-electron chi connectivity index (χ4n) is 15.6. The number of hydrogen-bond acceptors (Lipinski definition) is 42. The molecule has 49 nitrogen and oxygen atoms in total. The summed E-state index contributed by atoms with van der Waals surface area (Å²) >= 11 is 0. The SMILES string of the molecule is C/C=C/C=C/CCC(=O)NNC(=O)CC(=O)NNC(=O)CCCCCO[C@@H]1OC(C)[C@H](O)[C@H](O[C@H]2C[C@@H](CO)[C@@H](O)C(O[C@H]3OC(CO)[C@H](O)[C@H](O)C3O[C@@H]3OC(C)[C@H](O)[C@H](O)C3O)C2NC(C)=O)C1O.CC(=O)NC1C(O[C@H]2OC(CO)[C@H](O)[C@H](O)C2O[C@@H]2OC(C)[C@H](O)[C@H](O)C2O)[C@H](O)[C@H](CO)C[C@@H]1O[C@@H]1C(O)[C@H](OCCCCCC(=O)NN)OC(C)[C@@H]1O. The molecular formula is C77H132N8O41. The average Bonchev–Trinajstić information content (AvgIpc) is 0.780. The molecule has 2 aliphatic carbocycles. The maximum Gasteiger partial charge on any atom is 0.247 e. The molecule has 7 amide bonds. The first-order chi connectivity index (χ1) is 59.7. The van der Waals surface area contributed by atoms with Crippen LogP contribution in [-0.2, 0) is 99.9 Å². The Bertz CT molecular complexity index is 3390. The lowest BCUT2D eigenvalue weighted by Crippen LogP contribution is -2.68. The summed E-state index contributed by atoms with van der Waals surface area (Å²) in [4.78, 5) is 84.9. The van der Waals surface area contributed by atoms with Crippen molar-refractivity contribution in [1.29, 1.82) is 0 Å². The van der Waals surface area contributed by atoms with Crippen molar-refractivity contribution >= 4 is 41.4 Å². The second-order valence-electron chi connectivity index (χ2n) is 32.4. The highest BCUT2D eigenvalue weighted by atomic mass is 16.8. The van der Waals surface area contributed by atoms with Gasteiger partial charge in [-0.05, 0) is 79.6 Å². The number of hydrazine groups is 3. The predicted octanol–water partition coefficient (Wildman–Crippen LogP) is -12.0. The van der Waals surface area contributed by atoms with Gasteiger partial charge in [0.2, 0.25) is 41.4 Å². The number of carbonyl (C=O) groups excluding carboxylic acids is 7. The number of aliphatic hydroxyl groups excluding tert-OH is 20. The summed E-state index contributed by atoms with van der Waals surface area (Å²) in [6.45, 7) is 7.07. The lowest BCUT2D eigenvalue weighted by atomic mass is 9.79. The molecule has 16 unspecified atom stereocenters. The highest BCUT2D eigenvalue weighted by Crippen LogP contribution is 2.41. The van der Waals surface area contributed by atoms with E-state index in [9.17, 15) is 136 Å². The van der Waals surface area contributed by atoms with Crippen LogP contribution in [-0.4, -0.2) is 416 Å². The number of amides is 7. The Balaban J connectivity index is 0.000000357. The van der Waals surface area contributed by atoms with Crippen molar-refractivity contribution in [3.8, 4) is 0 Å². The average molecular weight is 1830 g/mol. The summed E-state index contributed by atoms with van der Waals surface area (Å²) in [5.41, 5.74) is 10.7. The van der Waals surface area contributed by atoms with E-state index >= 15 is 0 Å². The molecule has 49 heteroatoms. The Hall–Kier alpha value is -5.63. The number of aliphatic hydroxyl groups is 20. The summed E-state index contributed by atoms with van der Waals surface area (Å²) in [7, 11) is 0. The second-order valence-corrected chi connectivity index (χ2v) is 32.4. The van der Waals surface area contributed by atoms with Gasteiger partial charge in [0, 0.05) is 71.4 Å². The van der Waals surface area contributed by atoms with E-state index in [0.29, 0.717) is 44.9 Å². The summed E-state index contributed by atoms with van der Waals surface area (Å²) in [6.07, 6.45) is -46.2. The van der Waals surface area contributed by atoms with E-state index in [0.717, 1.165) is 6.92 Å². The molecule has 29 N–H and O–H groups in total. The van der Waals surface area contributed by atoms with Crippen LogP contribution < -0.4 is 43.6 Å². The molecule has 2 saturated carbocycles. The van der Waals surface area contributed by atoms with Gasteiger partial charge in [-0.15, -0.1) is 0 Å². The maximum absolute atomic E-state index is 12.7. The number of ether oxygens (including phenoxy) is 14. The van der Waals surface area contributed by atoms with Crippen LogP contribution in [0.1, 0.15) is 132 Å². The first kappa shape index (κ1) is 107. The van der Waals surface area contributed by atoms with Crippen LogP contribution in [0.15, 0.2) is 24.3 Å². The van der Waals surface area contributed by atoms with E-state index in [1.165, 1.54) is 34.6 Å². The molecule has 8 fully saturated rings. The van der Waals surface area contributed by atoms with E-state index < -0.39 is 313 Å². The smallest absolute Gasteiger partial charge is 0.247 e. The first-order valence-electron chi connectivity index (χ1n) is 42.1. The van der Waals surface area contributed by atoms with Gasteiger partial charge in [-0.3, -0.25) is 60.7 Å². The van der Waals surface area contributed by atoms with Crippen molar-refractivity contribution in [2.45, 2.75) is 365 Å². The minimum absolute atomic E-state index is 0.00218. The number of rotatable bonds is 38. The standard InChI is InChI=1S/C44H73N5O22.C33H59N3O19/c1-5-6-7-8-10-13-26(53)46-48-28(55)17-29(56)49-47-27(54)14-11-9-12-15-65-42-38(64)40(32(58)21(3)66-42)68-24-16-23(18-50)33(59)39(30(24)45-22(4)52)70-44-41(36(62)34(60)25(19-51)69-44)71-43-37(63)35(61)31(57)20(2)67-43;1-12-20(41)24(45)26(47)32(51-12)55-30-25(46)23(44)17(11-38)53-33(30)54-28-19(35-14(3)39)16(9-15(10-37)22(28)43)52-29-21(42)13(2)50-31(27(29)48)49-8-6-4-5-7-18(40)36-34/h5-8,20-21,23-25,30-44,50-51,57-64H,9-19H2,1-4H3,(H,45,52)(H,46,53)(H,47,54)(H,48,55)(H,49,56);12-13,15-17,19-33,37-38,41-48H,4-11,34H2,1-3H3,(H,35,39)(H,36,40)/b6-5+,8-7+;/t20?,21?,23-,24-,25?,30?,31-,32-,33+,34-,35-,36-,37?,38?,39?,40-,41?,42+,43-,44+;12?,13?,15-,16-,17?,19?,20-,21-,22+,23-,24-,25-,26?,27?,28?,29-,30?,31+,32-,33+/m00/s1. The minimum Gasteiger partial charge on any atom is -0.396 e. The number of hydrogen-bond donors (Lipinski definition) is 28. The van der Waals surface area contributed by atoms with E-state index in [1.807, 2.05) is 18.4 Å². The molecule has 0 spiro atoms. The molecule has 6 aliphatic heterocycles. The fourth-order valence-corrected chi connectivity index (χ4v) is 15.6. The molecule has 0 aromatic rings. The Morgan fingerprint density at radius 2 is 0.722 bits per heavy atom. The van der Waals surface area contributed by atoms with Crippen LogP contribution in [0.25, 0.3) is 0 Å². The van der Waals surface area contributed by atoms with Crippen LogP contribution in [0.3, 0.4) is 0 Å². The Morgan fingerprint density at radius 3 is 1.10 bits per heavy atom. The second kappa shape index (κ2) is 52.0. The maximum atomic E-state index is 12.7. The van der Waals surface area contributed by atoms with Crippen molar-refractivity contribution in [1.82, 2.24) is 37.8 Å². The monoisotopic (exact) mass is 1820 g/mol. The zero-order valence-electron chi connectivity index (χ0n) is 70.9. The van der Waals surface area contributed by atoms with Crippen molar-refractivity contribution in [2.24, 2.45) is 17.7 Å². The van der Waals surface area contributed by atoms with Crippen molar-refractivity contribution in [3.05, 3.63) is 24.3 Å². The van der Waals surface area contributed by atoms with Crippen LogP contribution in [0.2, 0.25) is 0 Å². The third kappa shape index (κ3) is 29.4. The van der Waals surface area contributed by atoms with Gasteiger partial charge < -0.3 is 179 Å². The van der Waals surface area contributed by atoms with Gasteiger partial charge in [0.05, 0.1) is 74.1 Å². The molecular weight excluding hydrogens is 1690 g/mol. The van der Waals surface area contributed by atoms with Crippen molar-refractivity contribution in [2.75, 3.05) is 39.6 Å². The molecule has 0 bridgehead atoms. The van der Waals surface area contributed by atoms with Crippen molar-refractivity contribution < 1.29 is 202 Å². The molecule has 8 rings (SSSR count). The van der Waals surface area contributed by atoms with Gasteiger partial charge in [-0.2, -0.15) is 0 Å². The molecule has 0 aromatic heterocycles. The molecule has 6 heterocycles. The van der Waals surface area contributed by atoms with Gasteiger partial charge in [-0.25, -0.2) is 5.84 Å². The quantitative estimate of drug-likeness (QED) is 0.00682. The third-order valence-electron chi connectivity index (χ3n) is 22.9. The Kier molecular flexibility index (Phi) is 44.3. The third-order valence-corrected chi connectivity index (χ3v) is 22.9. The number of allylic oxidation sites excluding steroid dienone is 4. The summed E-state index contributed by atoms with van der Waals surface area (Å²) in [5, 5.41) is 220. The van der Waals surface area contributed by atoms with E-state index in [4.69, 9.17) is 72.2 Å². The number of nitrogens with two attached hydrogens (primary N) is 1. The number of unbranched alkanes of at least 4 members (excludes halogenated alkanes) is 4. The molecule has 0 radical (unpaired) electrons. The number of carbonyl (C=O) groups is 7. The molecule has 726 valence electrons. The van der Waals surface area contributed by atoms with E-state index in [-0.39, 0.29) is 51.2 Å². The first-order valence-corrected chi connectivity index (χ1v) is 42.1. The predicted molar refractivity (Wildman–Crippen MR) is 419 cm³/mol. The van der Waals surface area contributed by atoms with Crippen LogP contribution in [0.4, 0.5) is 0 Å². The highest BCUT2D eigenvalue weighted by Gasteiger charge is 2.59. The van der Waals surface area contributed by atoms with Gasteiger partial charge in [0.15, 0.2) is 37.7 Å². The highest BCUT2D eigenvalue weighted by molar-refractivity contribution is 5.98. The van der Waals surface area contributed by atoms with Crippen LogP contribution in [0.5, 0.6) is 0 Å². The molecule has 40 atom stereocenters. The summed E-state index contributed by atoms with van der Waals surface area (Å²) in [5.74, 6) is -1.21. The van der Waals surface area contributed by atoms with Gasteiger partial charge in [0.25, 0.3) is 0 Å². The van der Waals surface area contributed by atoms with Crippen LogP contribution in [0, 0.1) is 11.8 Å². The largest absolute Gasteiger partial charge is 0.396 e. The molecule has 126 heavy (non-hydrogen) atoms. The van der Waals surface area contributed by atoms with Crippen LogP contribution >= 0.6 is 0 Å².